The molecule has 0 aromatic heterocycles. The van der Waals surface area contributed by atoms with Gasteiger partial charge in [0.2, 0.25) is 5.91 Å². The van der Waals surface area contributed by atoms with Gasteiger partial charge < -0.3 is 10.4 Å². The number of thioether (sulfide) groups is 1. The maximum atomic E-state index is 12.2. The quantitative estimate of drug-likeness (QED) is 0.813. The van der Waals surface area contributed by atoms with Crippen molar-refractivity contribution < 1.29 is 14.7 Å². The van der Waals surface area contributed by atoms with Gasteiger partial charge in [-0.3, -0.25) is 9.59 Å². The van der Waals surface area contributed by atoms with Crippen LogP contribution in [0, 0.1) is 5.92 Å². The first-order valence-corrected chi connectivity index (χ1v) is 8.27. The summed E-state index contributed by atoms with van der Waals surface area (Å²) >= 11 is 1.73. The number of rotatable bonds is 7. The number of amides is 1. The van der Waals surface area contributed by atoms with Crippen LogP contribution in [0.5, 0.6) is 0 Å². The molecular weight excluding hydrogens is 286 g/mol. The third kappa shape index (κ3) is 4.49. The van der Waals surface area contributed by atoms with Crippen molar-refractivity contribution in [2.45, 2.75) is 37.0 Å². The second-order valence-electron chi connectivity index (χ2n) is 5.52. The molecule has 1 aromatic carbocycles. The van der Waals surface area contributed by atoms with E-state index in [4.69, 9.17) is 5.11 Å². The Morgan fingerprint density at radius 3 is 2.90 bits per heavy atom. The fourth-order valence-electron chi connectivity index (χ4n) is 2.46. The Kier molecular flexibility index (Phi) is 5.67. The van der Waals surface area contributed by atoms with Gasteiger partial charge in [0.05, 0.1) is 5.92 Å². The number of nitrogens with one attached hydrogen (secondary N) is 1. The maximum Gasteiger partial charge on any atom is 0.303 e. The molecule has 0 spiro atoms. The summed E-state index contributed by atoms with van der Waals surface area (Å²) in [5.74, 6) is 0.384. The molecular formula is C16H21NO3S. The average Bonchev–Trinajstić information content (AvgIpc) is 2.89. The number of carbonyl (C=O) groups excluding carboxylic acids is 1. The number of hydrogen-bond donors (Lipinski definition) is 2. The maximum absolute atomic E-state index is 12.2. The van der Waals surface area contributed by atoms with Gasteiger partial charge in [0.25, 0.3) is 0 Å². The van der Waals surface area contributed by atoms with Crippen LogP contribution in [0.2, 0.25) is 0 Å². The molecule has 0 saturated heterocycles. The van der Waals surface area contributed by atoms with Crippen LogP contribution in [0.1, 0.15) is 37.7 Å². The van der Waals surface area contributed by atoms with Crippen LogP contribution < -0.4 is 5.32 Å². The predicted molar refractivity (Wildman–Crippen MR) is 83.6 cm³/mol. The highest BCUT2D eigenvalue weighted by atomic mass is 32.2. The predicted octanol–water partition coefficient (Wildman–Crippen LogP) is 2.88. The van der Waals surface area contributed by atoms with Crippen LogP contribution in [0.3, 0.4) is 0 Å². The summed E-state index contributed by atoms with van der Waals surface area (Å²) in [5.41, 5.74) is 1.12. The molecule has 1 aromatic rings. The van der Waals surface area contributed by atoms with Crippen molar-refractivity contribution in [2.24, 2.45) is 5.92 Å². The molecule has 1 aliphatic rings. The lowest BCUT2D eigenvalue weighted by molar-refractivity contribution is -0.137. The molecule has 0 fully saturated rings. The first-order chi connectivity index (χ1) is 10.1. The Hall–Kier alpha value is -1.49. The Morgan fingerprint density at radius 2 is 2.14 bits per heavy atom. The van der Waals surface area contributed by atoms with Crippen molar-refractivity contribution in [1.82, 2.24) is 5.32 Å². The minimum Gasteiger partial charge on any atom is -0.481 e. The minimum absolute atomic E-state index is 0.0551. The third-order valence-corrected chi connectivity index (χ3v) is 4.99. The molecule has 2 N–H and O–H groups in total. The molecule has 0 radical (unpaired) electrons. The minimum atomic E-state index is -0.759. The molecule has 1 amide bonds. The van der Waals surface area contributed by atoms with E-state index in [1.54, 1.807) is 11.8 Å². The molecule has 114 valence electrons. The van der Waals surface area contributed by atoms with Gasteiger partial charge in [-0.15, -0.1) is 11.8 Å². The average molecular weight is 307 g/mol. The molecule has 1 aliphatic heterocycles. The number of aliphatic carboxylic acids is 1. The Labute approximate surface area is 129 Å². The highest BCUT2D eigenvalue weighted by Crippen LogP contribution is 2.39. The Balaban J connectivity index is 1.75. The van der Waals surface area contributed by atoms with E-state index >= 15 is 0 Å². The summed E-state index contributed by atoms with van der Waals surface area (Å²) in [6, 6.07) is 8.05. The van der Waals surface area contributed by atoms with Gasteiger partial charge in [0, 0.05) is 23.6 Å². The zero-order valence-electron chi connectivity index (χ0n) is 12.2. The van der Waals surface area contributed by atoms with Crippen molar-refractivity contribution in [1.29, 1.82) is 0 Å². The standard InChI is InChI=1S/C16H21NO3S/c1-11(6-7-15(18)19)8-9-17-16(20)13-10-21-14-5-3-2-4-12(13)14/h2-5,11,13H,6-10H2,1H3,(H,17,20)(H,18,19). The van der Waals surface area contributed by atoms with Crippen LogP contribution in [0.4, 0.5) is 0 Å². The van der Waals surface area contributed by atoms with Crippen LogP contribution in [0.15, 0.2) is 29.2 Å². The fourth-order valence-corrected chi connectivity index (χ4v) is 3.69. The smallest absolute Gasteiger partial charge is 0.303 e. The van der Waals surface area contributed by atoms with E-state index < -0.39 is 5.97 Å². The van der Waals surface area contributed by atoms with Crippen LogP contribution in [-0.4, -0.2) is 29.3 Å². The van der Waals surface area contributed by atoms with E-state index in [-0.39, 0.29) is 18.2 Å². The lowest BCUT2D eigenvalue weighted by Gasteiger charge is -2.14. The number of benzene rings is 1. The molecule has 0 saturated carbocycles. The topological polar surface area (TPSA) is 66.4 Å². The zero-order valence-corrected chi connectivity index (χ0v) is 13.0. The largest absolute Gasteiger partial charge is 0.481 e. The van der Waals surface area contributed by atoms with Gasteiger partial charge in [0.15, 0.2) is 0 Å². The van der Waals surface area contributed by atoms with Crippen molar-refractivity contribution in [3.8, 4) is 0 Å². The van der Waals surface area contributed by atoms with E-state index in [9.17, 15) is 9.59 Å². The summed E-state index contributed by atoms with van der Waals surface area (Å²) < 4.78 is 0. The zero-order chi connectivity index (χ0) is 15.2. The van der Waals surface area contributed by atoms with Crippen molar-refractivity contribution in [2.75, 3.05) is 12.3 Å². The second-order valence-corrected chi connectivity index (χ2v) is 6.58. The monoisotopic (exact) mass is 307 g/mol. The van der Waals surface area contributed by atoms with Crippen molar-refractivity contribution in [3.63, 3.8) is 0 Å². The van der Waals surface area contributed by atoms with E-state index in [0.29, 0.717) is 18.9 Å². The number of carbonyl (C=O) groups is 2. The van der Waals surface area contributed by atoms with Gasteiger partial charge in [0.1, 0.15) is 0 Å². The fraction of sp³-hybridized carbons (Fsp3) is 0.500. The number of fused-ring (bicyclic) bond motifs is 1. The molecule has 21 heavy (non-hydrogen) atoms. The first-order valence-electron chi connectivity index (χ1n) is 7.29. The van der Waals surface area contributed by atoms with Gasteiger partial charge in [-0.05, 0) is 30.4 Å². The molecule has 0 bridgehead atoms. The number of hydrogen-bond acceptors (Lipinski definition) is 3. The van der Waals surface area contributed by atoms with E-state index in [0.717, 1.165) is 17.7 Å². The van der Waals surface area contributed by atoms with E-state index in [1.165, 1.54) is 4.90 Å². The normalized spacial score (nSPS) is 18.0. The summed E-state index contributed by atoms with van der Waals surface area (Å²) in [4.78, 5) is 23.9. The Morgan fingerprint density at radius 1 is 1.38 bits per heavy atom. The molecule has 2 atom stereocenters. The van der Waals surface area contributed by atoms with Gasteiger partial charge in [-0.25, -0.2) is 0 Å². The van der Waals surface area contributed by atoms with Crippen molar-refractivity contribution in [3.05, 3.63) is 29.8 Å². The number of carboxylic acid groups (broad SMARTS) is 1. The molecule has 2 unspecified atom stereocenters. The van der Waals surface area contributed by atoms with Gasteiger partial charge in [-0.2, -0.15) is 0 Å². The van der Waals surface area contributed by atoms with Crippen LogP contribution in [-0.2, 0) is 9.59 Å². The second kappa shape index (κ2) is 7.50. The van der Waals surface area contributed by atoms with Crippen LogP contribution >= 0.6 is 11.8 Å². The van der Waals surface area contributed by atoms with Crippen molar-refractivity contribution >= 4 is 23.6 Å². The van der Waals surface area contributed by atoms with Gasteiger partial charge in [-0.1, -0.05) is 25.1 Å². The molecule has 5 heteroatoms. The molecule has 4 nitrogen and oxygen atoms in total. The SMILES string of the molecule is CC(CCNC(=O)C1CSc2ccccc21)CCC(=O)O. The number of carboxylic acids is 1. The van der Waals surface area contributed by atoms with Gasteiger partial charge >= 0.3 is 5.97 Å². The van der Waals surface area contributed by atoms with E-state index in [2.05, 4.69) is 11.4 Å². The molecule has 2 rings (SSSR count). The first kappa shape index (κ1) is 15.9. The van der Waals surface area contributed by atoms with Crippen LogP contribution in [0.25, 0.3) is 0 Å². The highest BCUT2D eigenvalue weighted by Gasteiger charge is 2.28. The molecule has 1 heterocycles. The summed E-state index contributed by atoms with van der Waals surface area (Å²) in [6.07, 6.45) is 1.68. The Bertz CT molecular complexity index is 518. The summed E-state index contributed by atoms with van der Waals surface area (Å²) in [5, 5.41) is 11.6. The lowest BCUT2D eigenvalue weighted by Crippen LogP contribution is -2.31. The van der Waals surface area contributed by atoms with E-state index in [1.807, 2.05) is 25.1 Å². The highest BCUT2D eigenvalue weighted by molar-refractivity contribution is 7.99. The summed E-state index contributed by atoms with van der Waals surface area (Å²) in [7, 11) is 0. The third-order valence-electron chi connectivity index (χ3n) is 3.80. The summed E-state index contributed by atoms with van der Waals surface area (Å²) in [6.45, 7) is 2.64. The lowest BCUT2D eigenvalue weighted by atomic mass is 9.99. The molecule has 0 aliphatic carbocycles.